The van der Waals surface area contributed by atoms with Crippen LogP contribution in [0.5, 0.6) is 0 Å². The van der Waals surface area contributed by atoms with Crippen molar-refractivity contribution >= 4 is 11.9 Å². The summed E-state index contributed by atoms with van der Waals surface area (Å²) in [5, 5.41) is 8.71. The minimum atomic E-state index is -0.711. The lowest BCUT2D eigenvalue weighted by molar-refractivity contribution is -0.137. The van der Waals surface area contributed by atoms with E-state index in [1.807, 2.05) is 25.7 Å². The van der Waals surface area contributed by atoms with Gasteiger partial charge in [-0.1, -0.05) is 0 Å². The normalized spacial score (nSPS) is 18.8. The molecule has 1 unspecified atom stereocenters. The van der Waals surface area contributed by atoms with Crippen molar-refractivity contribution in [2.24, 2.45) is 5.92 Å². The Hall–Kier alpha value is -1.10. The van der Waals surface area contributed by atoms with Crippen molar-refractivity contribution in [1.82, 2.24) is 9.80 Å². The topological polar surface area (TPSA) is 60.9 Å². The molecule has 1 saturated heterocycles. The van der Waals surface area contributed by atoms with Gasteiger partial charge in [0.05, 0.1) is 6.04 Å². The van der Waals surface area contributed by atoms with E-state index in [0.29, 0.717) is 5.92 Å². The quantitative estimate of drug-likeness (QED) is 0.774. The average molecular weight is 284 g/mol. The van der Waals surface area contributed by atoms with E-state index in [2.05, 4.69) is 4.90 Å². The molecule has 0 aromatic rings. The van der Waals surface area contributed by atoms with E-state index in [-0.39, 0.29) is 18.4 Å². The zero-order valence-electron chi connectivity index (χ0n) is 13.0. The maximum Gasteiger partial charge on any atom is 0.303 e. The van der Waals surface area contributed by atoms with Gasteiger partial charge in [0.1, 0.15) is 0 Å². The van der Waals surface area contributed by atoms with Crippen LogP contribution in [0.3, 0.4) is 0 Å². The number of nitrogens with zero attached hydrogens (tertiary/aromatic N) is 2. The van der Waals surface area contributed by atoms with Gasteiger partial charge in [0, 0.05) is 19.5 Å². The lowest BCUT2D eigenvalue weighted by Crippen LogP contribution is -2.49. The number of piperidine rings is 1. The molecule has 1 rings (SSSR count). The number of rotatable bonds is 7. The van der Waals surface area contributed by atoms with Gasteiger partial charge in [0.2, 0.25) is 5.91 Å². The van der Waals surface area contributed by atoms with E-state index in [9.17, 15) is 9.59 Å². The Balaban J connectivity index is 2.40. The third-order valence-corrected chi connectivity index (χ3v) is 4.40. The van der Waals surface area contributed by atoms with Crippen molar-refractivity contribution in [3.8, 4) is 0 Å². The minimum Gasteiger partial charge on any atom is -0.481 e. The first-order valence-electron chi connectivity index (χ1n) is 7.74. The molecule has 0 aromatic carbocycles. The fourth-order valence-corrected chi connectivity index (χ4v) is 2.91. The first-order chi connectivity index (χ1) is 9.49. The standard InChI is InChI=1S/C15H28N2O3/c1-4-16(5-2)15(20)12(3)17-10-8-13(9-11-17)6-7-14(18)19/h12-13H,4-11H2,1-3H3,(H,18,19). The molecule has 1 aliphatic rings. The van der Waals surface area contributed by atoms with Gasteiger partial charge in [-0.25, -0.2) is 0 Å². The smallest absolute Gasteiger partial charge is 0.303 e. The second kappa shape index (κ2) is 8.25. The maximum atomic E-state index is 12.3. The molecule has 116 valence electrons. The first-order valence-corrected chi connectivity index (χ1v) is 7.74. The summed E-state index contributed by atoms with van der Waals surface area (Å²) in [4.78, 5) is 27.0. The Kier molecular flexibility index (Phi) is 6.99. The molecule has 1 heterocycles. The molecule has 0 aliphatic carbocycles. The predicted molar refractivity (Wildman–Crippen MR) is 78.6 cm³/mol. The number of carboxylic acid groups (broad SMARTS) is 1. The van der Waals surface area contributed by atoms with E-state index in [1.165, 1.54) is 0 Å². The summed E-state index contributed by atoms with van der Waals surface area (Å²) in [5.41, 5.74) is 0. The lowest BCUT2D eigenvalue weighted by atomic mass is 9.91. The molecule has 1 aliphatic heterocycles. The van der Waals surface area contributed by atoms with Gasteiger partial charge in [-0.2, -0.15) is 0 Å². The van der Waals surface area contributed by atoms with Crippen LogP contribution in [-0.4, -0.2) is 59.0 Å². The highest BCUT2D eigenvalue weighted by Gasteiger charge is 2.28. The lowest BCUT2D eigenvalue weighted by Gasteiger charge is -2.37. The van der Waals surface area contributed by atoms with Gasteiger partial charge in [-0.05, 0) is 59.0 Å². The molecule has 0 saturated carbocycles. The molecular weight excluding hydrogens is 256 g/mol. The van der Waals surface area contributed by atoms with Crippen LogP contribution in [0.2, 0.25) is 0 Å². The van der Waals surface area contributed by atoms with Crippen molar-refractivity contribution in [2.45, 2.75) is 52.5 Å². The molecule has 0 bridgehead atoms. The summed E-state index contributed by atoms with van der Waals surface area (Å²) >= 11 is 0. The molecule has 1 atom stereocenters. The molecule has 1 amide bonds. The zero-order valence-corrected chi connectivity index (χ0v) is 13.0. The Morgan fingerprint density at radius 1 is 1.25 bits per heavy atom. The average Bonchev–Trinajstić information content (AvgIpc) is 2.46. The molecule has 5 heteroatoms. The molecule has 0 radical (unpaired) electrons. The highest BCUT2D eigenvalue weighted by atomic mass is 16.4. The number of amides is 1. The second-order valence-corrected chi connectivity index (χ2v) is 5.60. The van der Waals surface area contributed by atoms with Gasteiger partial charge < -0.3 is 10.0 Å². The second-order valence-electron chi connectivity index (χ2n) is 5.60. The highest BCUT2D eigenvalue weighted by Crippen LogP contribution is 2.23. The number of hydrogen-bond donors (Lipinski definition) is 1. The molecule has 1 fully saturated rings. The zero-order chi connectivity index (χ0) is 15.1. The van der Waals surface area contributed by atoms with Crippen molar-refractivity contribution in [2.75, 3.05) is 26.2 Å². The summed E-state index contributed by atoms with van der Waals surface area (Å²) < 4.78 is 0. The van der Waals surface area contributed by atoms with Crippen LogP contribution in [0.25, 0.3) is 0 Å². The molecule has 0 spiro atoms. The van der Waals surface area contributed by atoms with Gasteiger partial charge >= 0.3 is 5.97 Å². The number of carboxylic acids is 1. The van der Waals surface area contributed by atoms with E-state index < -0.39 is 5.97 Å². The van der Waals surface area contributed by atoms with Crippen LogP contribution >= 0.6 is 0 Å². The summed E-state index contributed by atoms with van der Waals surface area (Å²) in [7, 11) is 0. The Morgan fingerprint density at radius 2 is 1.80 bits per heavy atom. The van der Waals surface area contributed by atoms with Gasteiger partial charge in [0.25, 0.3) is 0 Å². The molecule has 0 aromatic heterocycles. The van der Waals surface area contributed by atoms with E-state index in [0.717, 1.165) is 45.4 Å². The van der Waals surface area contributed by atoms with Crippen LogP contribution in [0.4, 0.5) is 0 Å². The van der Waals surface area contributed by atoms with Gasteiger partial charge in [0.15, 0.2) is 0 Å². The number of likely N-dealkylation sites (tertiary alicyclic amines) is 1. The summed E-state index contributed by atoms with van der Waals surface area (Å²) in [6.07, 6.45) is 3.03. The van der Waals surface area contributed by atoms with Crippen LogP contribution in [0.15, 0.2) is 0 Å². The largest absolute Gasteiger partial charge is 0.481 e. The van der Waals surface area contributed by atoms with Crippen LogP contribution in [-0.2, 0) is 9.59 Å². The van der Waals surface area contributed by atoms with Crippen LogP contribution < -0.4 is 0 Å². The third kappa shape index (κ3) is 4.78. The Bertz CT molecular complexity index is 321. The van der Waals surface area contributed by atoms with E-state index in [1.54, 1.807) is 0 Å². The van der Waals surface area contributed by atoms with Gasteiger partial charge in [-0.3, -0.25) is 14.5 Å². The predicted octanol–water partition coefficient (Wildman–Crippen LogP) is 1.82. The number of aliphatic carboxylic acids is 1. The summed E-state index contributed by atoms with van der Waals surface area (Å²) in [6.45, 7) is 9.32. The van der Waals surface area contributed by atoms with Gasteiger partial charge in [-0.15, -0.1) is 0 Å². The van der Waals surface area contributed by atoms with Crippen LogP contribution in [0.1, 0.15) is 46.5 Å². The fourth-order valence-electron chi connectivity index (χ4n) is 2.91. The van der Waals surface area contributed by atoms with Crippen molar-refractivity contribution < 1.29 is 14.7 Å². The molecule has 5 nitrogen and oxygen atoms in total. The number of hydrogen-bond acceptors (Lipinski definition) is 3. The molecule has 1 N–H and O–H groups in total. The molecular formula is C15H28N2O3. The highest BCUT2D eigenvalue weighted by molar-refractivity contribution is 5.81. The van der Waals surface area contributed by atoms with Crippen LogP contribution in [0, 0.1) is 5.92 Å². The maximum absolute atomic E-state index is 12.3. The van der Waals surface area contributed by atoms with Crippen molar-refractivity contribution in [1.29, 1.82) is 0 Å². The van der Waals surface area contributed by atoms with E-state index >= 15 is 0 Å². The van der Waals surface area contributed by atoms with E-state index in [4.69, 9.17) is 5.11 Å². The third-order valence-electron chi connectivity index (χ3n) is 4.40. The minimum absolute atomic E-state index is 0.0599. The van der Waals surface area contributed by atoms with Crippen molar-refractivity contribution in [3.63, 3.8) is 0 Å². The Labute approximate surface area is 121 Å². The summed E-state index contributed by atoms with van der Waals surface area (Å²) in [5.74, 6) is -0.00500. The first kappa shape index (κ1) is 17.0. The number of carbonyl (C=O) groups excluding carboxylic acids is 1. The number of carbonyl (C=O) groups is 2. The SMILES string of the molecule is CCN(CC)C(=O)C(C)N1CCC(CCC(=O)O)CC1. The molecule has 20 heavy (non-hydrogen) atoms. The monoisotopic (exact) mass is 284 g/mol. The summed E-state index contributed by atoms with van der Waals surface area (Å²) in [6, 6.07) is -0.0599. The fraction of sp³-hybridized carbons (Fsp3) is 0.867. The van der Waals surface area contributed by atoms with Crippen molar-refractivity contribution in [3.05, 3.63) is 0 Å². The Morgan fingerprint density at radius 3 is 2.25 bits per heavy atom. The number of likely N-dealkylation sites (N-methyl/N-ethyl adjacent to an activating group) is 1.